The lowest BCUT2D eigenvalue weighted by Gasteiger charge is -2.18. The molecule has 1 unspecified atom stereocenters. The van der Waals surface area contributed by atoms with Gasteiger partial charge in [-0.2, -0.15) is 4.98 Å². The Hall–Kier alpha value is -1.32. The third-order valence-electron chi connectivity index (χ3n) is 3.31. The van der Waals surface area contributed by atoms with Gasteiger partial charge < -0.3 is 10.6 Å². The summed E-state index contributed by atoms with van der Waals surface area (Å²) < 4.78 is 0. The van der Waals surface area contributed by atoms with Crippen LogP contribution in [-0.2, 0) is 0 Å². The number of rotatable bonds is 4. The zero-order valence-corrected chi connectivity index (χ0v) is 11.0. The van der Waals surface area contributed by atoms with E-state index in [1.165, 1.54) is 19.3 Å². The van der Waals surface area contributed by atoms with Gasteiger partial charge in [-0.3, -0.25) is 0 Å². The van der Waals surface area contributed by atoms with Gasteiger partial charge in [-0.1, -0.05) is 13.8 Å². The minimum atomic E-state index is 0.467. The summed E-state index contributed by atoms with van der Waals surface area (Å²) in [7, 11) is 0. The summed E-state index contributed by atoms with van der Waals surface area (Å²) in [6, 6.07) is 2.49. The van der Waals surface area contributed by atoms with Gasteiger partial charge in [-0.25, -0.2) is 4.98 Å². The van der Waals surface area contributed by atoms with Crippen LogP contribution in [0.1, 0.15) is 40.0 Å². The molecule has 2 N–H and O–H groups in total. The minimum absolute atomic E-state index is 0.467. The molecule has 1 fully saturated rings. The molecular formula is C13H22N4. The Morgan fingerprint density at radius 2 is 2.29 bits per heavy atom. The molecule has 1 saturated carbocycles. The van der Waals surface area contributed by atoms with E-state index in [0.717, 1.165) is 12.4 Å². The zero-order valence-electron chi connectivity index (χ0n) is 11.0. The fraction of sp³-hybridized carbons (Fsp3) is 0.692. The number of nitrogens with zero attached hydrogens (tertiary/aromatic N) is 2. The van der Waals surface area contributed by atoms with Gasteiger partial charge in [-0.15, -0.1) is 0 Å². The van der Waals surface area contributed by atoms with Crippen molar-refractivity contribution in [1.82, 2.24) is 9.97 Å². The fourth-order valence-electron chi connectivity index (χ4n) is 2.45. The molecule has 1 aromatic heterocycles. The zero-order chi connectivity index (χ0) is 12.3. The molecule has 1 aliphatic rings. The summed E-state index contributed by atoms with van der Waals surface area (Å²) in [6.07, 6.45) is 5.53. The van der Waals surface area contributed by atoms with Crippen molar-refractivity contribution in [2.45, 2.75) is 46.1 Å². The average Bonchev–Trinajstić information content (AvgIpc) is 2.59. The number of anilines is 2. The van der Waals surface area contributed by atoms with E-state index in [1.54, 1.807) is 6.20 Å². The van der Waals surface area contributed by atoms with Gasteiger partial charge in [0.1, 0.15) is 5.82 Å². The smallest absolute Gasteiger partial charge is 0.224 e. The van der Waals surface area contributed by atoms with E-state index in [2.05, 4.69) is 34.4 Å². The lowest BCUT2D eigenvalue weighted by atomic mass is 9.92. The van der Waals surface area contributed by atoms with Crippen molar-refractivity contribution in [2.75, 3.05) is 17.2 Å². The van der Waals surface area contributed by atoms with Gasteiger partial charge in [0.25, 0.3) is 0 Å². The Bertz CT molecular complexity index is 375. The Morgan fingerprint density at radius 3 is 2.94 bits per heavy atom. The molecule has 2 rings (SSSR count). The molecule has 4 nitrogen and oxygen atoms in total. The van der Waals surface area contributed by atoms with E-state index >= 15 is 0 Å². The second kappa shape index (κ2) is 4.90. The highest BCUT2D eigenvalue weighted by atomic mass is 15.1. The van der Waals surface area contributed by atoms with Crippen molar-refractivity contribution in [2.24, 2.45) is 5.41 Å². The van der Waals surface area contributed by atoms with E-state index in [-0.39, 0.29) is 0 Å². The first-order valence-corrected chi connectivity index (χ1v) is 6.42. The molecule has 0 spiro atoms. The van der Waals surface area contributed by atoms with Crippen LogP contribution in [0.4, 0.5) is 11.8 Å². The quantitative estimate of drug-likeness (QED) is 0.841. The second-order valence-electron chi connectivity index (χ2n) is 5.54. The van der Waals surface area contributed by atoms with E-state index < -0.39 is 0 Å². The molecule has 1 aliphatic carbocycles. The average molecular weight is 234 g/mol. The first-order valence-electron chi connectivity index (χ1n) is 6.42. The molecule has 0 radical (unpaired) electrons. The van der Waals surface area contributed by atoms with Crippen LogP contribution in [0.15, 0.2) is 12.3 Å². The third kappa shape index (κ3) is 3.32. The molecule has 4 heteroatoms. The maximum Gasteiger partial charge on any atom is 0.224 e. The molecule has 1 atom stereocenters. The maximum atomic E-state index is 4.44. The van der Waals surface area contributed by atoms with Gasteiger partial charge in [0.2, 0.25) is 5.95 Å². The van der Waals surface area contributed by atoms with Gasteiger partial charge in [0.15, 0.2) is 0 Å². The topological polar surface area (TPSA) is 49.8 Å². The molecule has 1 heterocycles. The van der Waals surface area contributed by atoms with Crippen LogP contribution in [0.25, 0.3) is 0 Å². The molecule has 1 aromatic rings. The molecule has 0 aliphatic heterocycles. The molecule has 0 bridgehead atoms. The van der Waals surface area contributed by atoms with Crippen LogP contribution in [0.3, 0.4) is 0 Å². The minimum Gasteiger partial charge on any atom is -0.367 e. The van der Waals surface area contributed by atoms with Crippen molar-refractivity contribution in [3.8, 4) is 0 Å². The lowest BCUT2D eigenvalue weighted by Crippen LogP contribution is -2.18. The second-order valence-corrected chi connectivity index (χ2v) is 5.54. The summed E-state index contributed by atoms with van der Waals surface area (Å²) in [5.41, 5.74) is 0.467. The van der Waals surface area contributed by atoms with Crippen molar-refractivity contribution >= 4 is 11.8 Å². The first kappa shape index (κ1) is 12.1. The first-order chi connectivity index (χ1) is 8.09. The van der Waals surface area contributed by atoms with Crippen LogP contribution in [0, 0.1) is 5.41 Å². The molecule has 0 aromatic carbocycles. The largest absolute Gasteiger partial charge is 0.367 e. The molecule has 0 amide bonds. The van der Waals surface area contributed by atoms with Crippen LogP contribution >= 0.6 is 0 Å². The highest BCUT2D eigenvalue weighted by Crippen LogP contribution is 2.38. The number of hydrogen-bond acceptors (Lipinski definition) is 4. The van der Waals surface area contributed by atoms with Gasteiger partial charge >= 0.3 is 0 Å². The van der Waals surface area contributed by atoms with E-state index in [0.29, 0.717) is 17.4 Å². The van der Waals surface area contributed by atoms with Crippen molar-refractivity contribution in [1.29, 1.82) is 0 Å². The number of nitrogens with one attached hydrogen (secondary N) is 2. The van der Waals surface area contributed by atoms with Crippen LogP contribution < -0.4 is 10.6 Å². The van der Waals surface area contributed by atoms with E-state index in [9.17, 15) is 0 Å². The predicted octanol–water partition coefficient (Wildman–Crippen LogP) is 2.90. The van der Waals surface area contributed by atoms with Gasteiger partial charge in [-0.05, 0) is 37.7 Å². The van der Waals surface area contributed by atoms with Crippen molar-refractivity contribution < 1.29 is 0 Å². The molecular weight excluding hydrogens is 212 g/mol. The van der Waals surface area contributed by atoms with E-state index in [1.807, 2.05) is 13.0 Å². The number of hydrogen-bond donors (Lipinski definition) is 2. The van der Waals surface area contributed by atoms with Gasteiger partial charge in [0, 0.05) is 18.8 Å². The van der Waals surface area contributed by atoms with Crippen LogP contribution in [-0.4, -0.2) is 22.6 Å². The Labute approximate surface area is 103 Å². The molecule has 17 heavy (non-hydrogen) atoms. The molecule has 0 saturated heterocycles. The normalized spacial score (nSPS) is 22.4. The highest BCUT2D eigenvalue weighted by molar-refractivity contribution is 5.40. The molecule has 94 valence electrons. The van der Waals surface area contributed by atoms with Crippen molar-refractivity contribution in [3.05, 3.63) is 12.3 Å². The fourth-order valence-corrected chi connectivity index (χ4v) is 2.45. The lowest BCUT2D eigenvalue weighted by molar-refractivity contribution is 0.378. The summed E-state index contributed by atoms with van der Waals surface area (Å²) in [5.74, 6) is 1.63. The predicted molar refractivity (Wildman–Crippen MR) is 71.2 cm³/mol. The SMILES string of the molecule is CCNc1nccc(NC2CCC(C)(C)C2)n1. The van der Waals surface area contributed by atoms with Crippen LogP contribution in [0.5, 0.6) is 0 Å². The number of aromatic nitrogens is 2. The summed E-state index contributed by atoms with van der Waals surface area (Å²) >= 11 is 0. The Balaban J connectivity index is 1.97. The maximum absolute atomic E-state index is 4.44. The third-order valence-corrected chi connectivity index (χ3v) is 3.31. The summed E-state index contributed by atoms with van der Waals surface area (Å²) in [5, 5.41) is 6.63. The Kier molecular flexibility index (Phi) is 3.50. The Morgan fingerprint density at radius 1 is 1.47 bits per heavy atom. The van der Waals surface area contributed by atoms with Crippen molar-refractivity contribution in [3.63, 3.8) is 0 Å². The standard InChI is InChI=1S/C13H22N4/c1-4-14-12-15-8-6-11(17-12)16-10-5-7-13(2,3)9-10/h6,8,10H,4-5,7,9H2,1-3H3,(H2,14,15,16,17). The van der Waals surface area contributed by atoms with E-state index in [4.69, 9.17) is 0 Å². The summed E-state index contributed by atoms with van der Waals surface area (Å²) in [4.78, 5) is 8.61. The van der Waals surface area contributed by atoms with Gasteiger partial charge in [0.05, 0.1) is 0 Å². The highest BCUT2D eigenvalue weighted by Gasteiger charge is 2.30. The summed E-state index contributed by atoms with van der Waals surface area (Å²) in [6.45, 7) is 7.56. The van der Waals surface area contributed by atoms with Crippen LogP contribution in [0.2, 0.25) is 0 Å². The monoisotopic (exact) mass is 234 g/mol.